The van der Waals surface area contributed by atoms with Crippen LogP contribution in [0.3, 0.4) is 0 Å². The summed E-state index contributed by atoms with van der Waals surface area (Å²) in [7, 11) is 1.64. The topological polar surface area (TPSA) is 67.2 Å². The number of carbonyl (C=O) groups is 1. The van der Waals surface area contributed by atoms with E-state index in [0.717, 1.165) is 16.6 Å². The molecule has 0 spiro atoms. The zero-order chi connectivity index (χ0) is 21.1. The molecule has 0 fully saturated rings. The molecule has 2 amide bonds. The van der Waals surface area contributed by atoms with Crippen LogP contribution in [0.25, 0.3) is 10.8 Å². The minimum absolute atomic E-state index is 0.143. The highest BCUT2D eigenvalue weighted by Crippen LogP contribution is 2.26. The minimum atomic E-state index is -0.306. The van der Waals surface area contributed by atoms with Gasteiger partial charge in [-0.05, 0) is 38.0 Å². The molecule has 0 saturated carbocycles. The van der Waals surface area contributed by atoms with Crippen molar-refractivity contribution < 1.29 is 4.79 Å². The van der Waals surface area contributed by atoms with Crippen LogP contribution in [0.5, 0.6) is 0 Å². The monoisotopic (exact) mass is 392 g/mol. The Balaban J connectivity index is 2.00. The molecule has 1 aromatic heterocycles. The van der Waals surface area contributed by atoms with Crippen molar-refractivity contribution in [3.8, 4) is 0 Å². The maximum Gasteiger partial charge on any atom is 0.322 e. The molecular formula is C23H28N4O2. The van der Waals surface area contributed by atoms with E-state index in [2.05, 4.69) is 24.3 Å². The fraction of sp³-hybridized carbons (Fsp3) is 0.348. The molecule has 1 heterocycles. The van der Waals surface area contributed by atoms with Gasteiger partial charge in [-0.25, -0.2) is 9.48 Å². The highest BCUT2D eigenvalue weighted by Gasteiger charge is 2.26. The van der Waals surface area contributed by atoms with Gasteiger partial charge in [0.05, 0.1) is 17.1 Å². The second-order valence-corrected chi connectivity index (χ2v) is 7.88. The Bertz CT molecular complexity index is 1070. The van der Waals surface area contributed by atoms with E-state index < -0.39 is 0 Å². The van der Waals surface area contributed by atoms with Crippen molar-refractivity contribution in [1.82, 2.24) is 14.7 Å². The molecule has 0 saturated heterocycles. The summed E-state index contributed by atoms with van der Waals surface area (Å²) < 4.78 is 1.35. The number of amides is 2. The van der Waals surface area contributed by atoms with Gasteiger partial charge in [-0.2, -0.15) is 5.10 Å². The lowest BCUT2D eigenvalue weighted by Crippen LogP contribution is -2.40. The number of nitrogens with zero attached hydrogens (tertiary/aromatic N) is 3. The number of aromatic nitrogens is 2. The molecule has 0 aliphatic heterocycles. The van der Waals surface area contributed by atoms with Gasteiger partial charge in [0.15, 0.2) is 0 Å². The first-order chi connectivity index (χ1) is 13.8. The van der Waals surface area contributed by atoms with E-state index in [9.17, 15) is 9.59 Å². The van der Waals surface area contributed by atoms with E-state index in [-0.39, 0.29) is 23.6 Å². The molecule has 3 rings (SSSR count). The number of anilines is 1. The van der Waals surface area contributed by atoms with Gasteiger partial charge < -0.3 is 10.2 Å². The Hall–Kier alpha value is -3.15. The van der Waals surface area contributed by atoms with E-state index >= 15 is 0 Å². The summed E-state index contributed by atoms with van der Waals surface area (Å²) in [5, 5.41) is 8.89. The van der Waals surface area contributed by atoms with Gasteiger partial charge in [-0.15, -0.1) is 0 Å². The maximum atomic E-state index is 13.2. The Morgan fingerprint density at radius 1 is 1.07 bits per heavy atom. The van der Waals surface area contributed by atoms with Gasteiger partial charge >= 0.3 is 6.03 Å². The van der Waals surface area contributed by atoms with Crippen LogP contribution in [0.2, 0.25) is 0 Å². The van der Waals surface area contributed by atoms with Crippen LogP contribution >= 0.6 is 0 Å². The zero-order valence-electron chi connectivity index (χ0n) is 17.6. The Labute approximate surface area is 171 Å². The number of fused-ring (bicyclic) bond motifs is 1. The molecule has 6 heteroatoms. The number of aryl methyl sites for hydroxylation is 2. The number of rotatable bonds is 5. The lowest BCUT2D eigenvalue weighted by molar-refractivity contribution is 0.182. The van der Waals surface area contributed by atoms with Crippen LogP contribution in [0.15, 0.2) is 53.3 Å². The molecule has 0 radical (unpaired) electrons. The van der Waals surface area contributed by atoms with Crippen molar-refractivity contribution >= 4 is 22.5 Å². The van der Waals surface area contributed by atoms with Crippen molar-refractivity contribution in [2.45, 2.75) is 33.7 Å². The minimum Gasteiger partial charge on any atom is -0.316 e. The molecule has 3 aromatic rings. The first kappa shape index (κ1) is 20.6. The standard InChI is InChI=1S/C23H28N4O2/c1-15(2)14-27(23(29)24-18-12-10-16(3)11-13-18)17(4)21-19-8-6-7-9-20(19)22(28)26(5)25-21/h6-13,15,17H,14H2,1-5H3,(H,24,29). The summed E-state index contributed by atoms with van der Waals surface area (Å²) in [5.74, 6) is 0.278. The van der Waals surface area contributed by atoms with Crippen molar-refractivity contribution in [2.75, 3.05) is 11.9 Å². The Morgan fingerprint density at radius 2 is 1.69 bits per heavy atom. The molecule has 0 aliphatic rings. The highest BCUT2D eigenvalue weighted by molar-refractivity contribution is 5.90. The maximum absolute atomic E-state index is 13.2. The smallest absolute Gasteiger partial charge is 0.316 e. The number of nitrogens with one attached hydrogen (secondary N) is 1. The number of hydrogen-bond donors (Lipinski definition) is 1. The summed E-state index contributed by atoms with van der Waals surface area (Å²) in [6, 6.07) is 14.6. The molecule has 0 aliphatic carbocycles. The van der Waals surface area contributed by atoms with Crippen molar-refractivity contribution in [2.24, 2.45) is 13.0 Å². The van der Waals surface area contributed by atoms with Gasteiger partial charge in [0.1, 0.15) is 0 Å². The van der Waals surface area contributed by atoms with Crippen LogP contribution < -0.4 is 10.9 Å². The SMILES string of the molecule is Cc1ccc(NC(=O)N(CC(C)C)C(C)c2nn(C)c(=O)c3ccccc23)cc1. The summed E-state index contributed by atoms with van der Waals surface area (Å²) in [5.41, 5.74) is 2.45. The van der Waals surface area contributed by atoms with E-state index in [0.29, 0.717) is 17.6 Å². The van der Waals surface area contributed by atoms with Crippen LogP contribution in [-0.4, -0.2) is 27.3 Å². The predicted octanol–water partition coefficient (Wildman–Crippen LogP) is 4.49. The first-order valence-corrected chi connectivity index (χ1v) is 9.88. The lowest BCUT2D eigenvalue weighted by Gasteiger charge is -2.31. The molecule has 1 unspecified atom stereocenters. The fourth-order valence-corrected chi connectivity index (χ4v) is 3.43. The van der Waals surface area contributed by atoms with Crippen molar-refractivity contribution in [3.05, 3.63) is 70.1 Å². The quantitative estimate of drug-likeness (QED) is 0.695. The third kappa shape index (κ3) is 4.47. The van der Waals surface area contributed by atoms with Gasteiger partial charge in [0.2, 0.25) is 0 Å². The molecule has 1 N–H and O–H groups in total. The fourth-order valence-electron chi connectivity index (χ4n) is 3.43. The molecule has 1 atom stereocenters. The largest absolute Gasteiger partial charge is 0.322 e. The number of urea groups is 1. The average molecular weight is 393 g/mol. The van der Waals surface area contributed by atoms with E-state index in [4.69, 9.17) is 0 Å². The van der Waals surface area contributed by atoms with Crippen LogP contribution in [-0.2, 0) is 7.05 Å². The number of hydrogen-bond acceptors (Lipinski definition) is 3. The summed E-state index contributed by atoms with van der Waals surface area (Å²) in [6.07, 6.45) is 0. The Morgan fingerprint density at radius 3 is 2.31 bits per heavy atom. The second-order valence-electron chi connectivity index (χ2n) is 7.88. The summed E-state index contributed by atoms with van der Waals surface area (Å²) in [4.78, 5) is 27.4. The summed E-state index contributed by atoms with van der Waals surface area (Å²) in [6.45, 7) is 8.68. The molecule has 2 aromatic carbocycles. The van der Waals surface area contributed by atoms with Gasteiger partial charge in [0.25, 0.3) is 5.56 Å². The van der Waals surface area contributed by atoms with Crippen LogP contribution in [0.1, 0.15) is 38.1 Å². The van der Waals surface area contributed by atoms with Crippen LogP contribution in [0.4, 0.5) is 10.5 Å². The van der Waals surface area contributed by atoms with E-state index in [1.165, 1.54) is 4.68 Å². The predicted molar refractivity (Wildman–Crippen MR) is 117 cm³/mol. The molecule has 152 valence electrons. The van der Waals surface area contributed by atoms with Crippen molar-refractivity contribution in [3.63, 3.8) is 0 Å². The van der Waals surface area contributed by atoms with Gasteiger partial charge in [-0.3, -0.25) is 4.79 Å². The molecule has 0 bridgehead atoms. The summed E-state index contributed by atoms with van der Waals surface area (Å²) >= 11 is 0. The lowest BCUT2D eigenvalue weighted by atomic mass is 10.0. The van der Waals surface area contributed by atoms with Gasteiger partial charge in [0, 0.05) is 24.7 Å². The van der Waals surface area contributed by atoms with E-state index in [1.807, 2.05) is 56.3 Å². The normalized spacial score (nSPS) is 12.2. The number of carbonyl (C=O) groups excluding carboxylic acids is 1. The molecule has 6 nitrogen and oxygen atoms in total. The molecular weight excluding hydrogens is 364 g/mol. The first-order valence-electron chi connectivity index (χ1n) is 9.88. The van der Waals surface area contributed by atoms with E-state index in [1.54, 1.807) is 18.0 Å². The third-order valence-electron chi connectivity index (χ3n) is 4.97. The Kier molecular flexibility index (Phi) is 6.01. The highest BCUT2D eigenvalue weighted by atomic mass is 16.2. The number of benzene rings is 2. The van der Waals surface area contributed by atoms with Gasteiger partial charge in [-0.1, -0.05) is 49.7 Å². The molecule has 29 heavy (non-hydrogen) atoms. The second kappa shape index (κ2) is 8.47. The van der Waals surface area contributed by atoms with Crippen LogP contribution in [0, 0.1) is 12.8 Å². The average Bonchev–Trinajstić information content (AvgIpc) is 2.70. The van der Waals surface area contributed by atoms with Crippen molar-refractivity contribution in [1.29, 1.82) is 0 Å². The third-order valence-corrected chi connectivity index (χ3v) is 4.97. The zero-order valence-corrected chi connectivity index (χ0v) is 17.6.